The summed E-state index contributed by atoms with van der Waals surface area (Å²) < 4.78 is 0. The number of hydrogen-bond donors (Lipinski definition) is 0. The van der Waals surface area contributed by atoms with E-state index in [9.17, 15) is 0 Å². The largest absolute Gasteiger partial charge is 0.228 e. The van der Waals surface area contributed by atoms with Gasteiger partial charge >= 0.3 is 0 Å². The second-order valence-corrected chi connectivity index (χ2v) is 19.1. The van der Waals surface area contributed by atoms with Gasteiger partial charge < -0.3 is 0 Å². The molecule has 0 saturated carbocycles. The molecule has 13 aromatic rings. The Hall–Kier alpha value is -9.24. The Balaban J connectivity index is 0.899. The highest BCUT2D eigenvalue weighted by Crippen LogP contribution is 2.63. The predicted molar refractivity (Wildman–Crippen MR) is 296 cm³/mol. The van der Waals surface area contributed by atoms with Gasteiger partial charge in [-0.25, -0.2) is 9.97 Å². The second kappa shape index (κ2) is 15.4. The van der Waals surface area contributed by atoms with Crippen molar-refractivity contribution in [1.82, 2.24) is 9.97 Å². The van der Waals surface area contributed by atoms with Gasteiger partial charge in [-0.3, -0.25) is 0 Å². The molecule has 1 spiro atoms. The molecule has 0 atom stereocenters. The van der Waals surface area contributed by atoms with Gasteiger partial charge in [0, 0.05) is 16.7 Å². The van der Waals surface area contributed by atoms with Gasteiger partial charge in [0.1, 0.15) is 0 Å². The molecule has 0 N–H and O–H groups in total. The predicted octanol–water partition coefficient (Wildman–Crippen LogP) is 17.8. The molecule has 0 aliphatic heterocycles. The summed E-state index contributed by atoms with van der Waals surface area (Å²) >= 11 is 0. The fourth-order valence-corrected chi connectivity index (χ4v) is 12.4. The van der Waals surface area contributed by atoms with Gasteiger partial charge in [0.05, 0.1) is 16.8 Å². The highest BCUT2D eigenvalue weighted by atomic mass is 14.9. The van der Waals surface area contributed by atoms with Crippen molar-refractivity contribution in [3.63, 3.8) is 0 Å². The standard InChI is InChI=1S/C69H42N2/c1-3-18-44(19-4-1)65-56-26-9-10-27-57(56)66(67-51-22-8-7-17-43(51)35-38-58(65)67)50-34-32-46-39-48(33-31-47(46)40-50)63-42-64(71-68(70-63)45-20-5-2-6-21-45)49-36-37-55-54-25-13-16-30-61(54)69(62(55)41-49)59-28-14-11-23-52(59)53-24-12-15-29-60(53)69/h1-42H. The third-order valence-electron chi connectivity index (χ3n) is 15.5. The maximum absolute atomic E-state index is 5.37. The van der Waals surface area contributed by atoms with E-state index in [0.29, 0.717) is 5.82 Å². The Morgan fingerprint density at radius 2 is 0.718 bits per heavy atom. The van der Waals surface area contributed by atoms with Crippen LogP contribution in [0.5, 0.6) is 0 Å². The van der Waals surface area contributed by atoms with E-state index in [2.05, 4.69) is 249 Å². The summed E-state index contributed by atoms with van der Waals surface area (Å²) in [6.07, 6.45) is 0. The maximum atomic E-state index is 5.37. The van der Waals surface area contributed by atoms with Gasteiger partial charge in [0.25, 0.3) is 0 Å². The van der Waals surface area contributed by atoms with E-state index in [1.54, 1.807) is 0 Å². The molecule has 328 valence electrons. The fraction of sp³-hybridized carbons (Fsp3) is 0.0145. The molecular weight excluding hydrogens is 857 g/mol. The fourth-order valence-electron chi connectivity index (χ4n) is 12.4. The van der Waals surface area contributed by atoms with E-state index >= 15 is 0 Å². The molecule has 2 heteroatoms. The van der Waals surface area contributed by atoms with E-state index in [1.165, 1.54) is 104 Å². The quantitative estimate of drug-likeness (QED) is 0.127. The third kappa shape index (κ3) is 5.83. The molecule has 1 heterocycles. The highest BCUT2D eigenvalue weighted by molar-refractivity contribution is 6.28. The number of benzene rings is 12. The molecule has 15 rings (SSSR count). The van der Waals surface area contributed by atoms with E-state index in [-0.39, 0.29) is 0 Å². The number of rotatable bonds is 5. The Labute approximate surface area is 411 Å². The molecule has 0 bridgehead atoms. The molecule has 12 aromatic carbocycles. The minimum Gasteiger partial charge on any atom is -0.228 e. The molecule has 1 aromatic heterocycles. The summed E-state index contributed by atoms with van der Waals surface area (Å²) in [7, 11) is 0. The number of hydrogen-bond acceptors (Lipinski definition) is 2. The average molecular weight is 899 g/mol. The summed E-state index contributed by atoms with van der Waals surface area (Å²) in [5, 5.41) is 9.86. The minimum atomic E-state index is -0.444. The molecule has 2 aliphatic rings. The monoisotopic (exact) mass is 898 g/mol. The van der Waals surface area contributed by atoms with Crippen molar-refractivity contribution in [3.8, 4) is 78.4 Å². The summed E-state index contributed by atoms with van der Waals surface area (Å²) in [4.78, 5) is 10.7. The lowest BCUT2D eigenvalue weighted by atomic mass is 9.70. The minimum absolute atomic E-state index is 0.444. The van der Waals surface area contributed by atoms with Crippen LogP contribution in [0, 0.1) is 0 Å². The Morgan fingerprint density at radius 1 is 0.254 bits per heavy atom. The first-order valence-corrected chi connectivity index (χ1v) is 24.6. The van der Waals surface area contributed by atoms with Crippen molar-refractivity contribution in [2.45, 2.75) is 5.41 Å². The molecule has 0 saturated heterocycles. The Bertz CT molecular complexity index is 4280. The highest BCUT2D eigenvalue weighted by Gasteiger charge is 2.51. The van der Waals surface area contributed by atoms with Gasteiger partial charge in [-0.05, 0) is 134 Å². The van der Waals surface area contributed by atoms with Crippen molar-refractivity contribution < 1.29 is 0 Å². The van der Waals surface area contributed by atoms with Crippen molar-refractivity contribution in [3.05, 3.63) is 277 Å². The summed E-state index contributed by atoms with van der Waals surface area (Å²) in [6, 6.07) is 93.5. The lowest BCUT2D eigenvalue weighted by molar-refractivity contribution is 0.794. The zero-order valence-corrected chi connectivity index (χ0v) is 38.6. The van der Waals surface area contributed by atoms with Crippen LogP contribution in [0.15, 0.2) is 255 Å². The first-order valence-electron chi connectivity index (χ1n) is 24.6. The van der Waals surface area contributed by atoms with Crippen molar-refractivity contribution >= 4 is 43.1 Å². The van der Waals surface area contributed by atoms with Crippen LogP contribution in [-0.4, -0.2) is 9.97 Å². The van der Waals surface area contributed by atoms with Crippen LogP contribution < -0.4 is 0 Å². The Morgan fingerprint density at radius 3 is 1.37 bits per heavy atom. The number of fused-ring (bicyclic) bond motifs is 15. The van der Waals surface area contributed by atoms with Crippen molar-refractivity contribution in [1.29, 1.82) is 0 Å². The van der Waals surface area contributed by atoms with Gasteiger partial charge in [-0.2, -0.15) is 0 Å². The second-order valence-electron chi connectivity index (χ2n) is 19.1. The maximum Gasteiger partial charge on any atom is 0.160 e. The molecule has 2 aliphatic carbocycles. The first kappa shape index (κ1) is 39.7. The number of nitrogens with zero attached hydrogens (tertiary/aromatic N) is 2. The van der Waals surface area contributed by atoms with E-state index in [0.717, 1.165) is 33.5 Å². The molecular formula is C69H42N2. The molecule has 0 unspecified atom stereocenters. The average Bonchev–Trinajstić information content (AvgIpc) is 3.92. The Kier molecular flexibility index (Phi) is 8.61. The van der Waals surface area contributed by atoms with Crippen LogP contribution in [-0.2, 0) is 5.41 Å². The molecule has 71 heavy (non-hydrogen) atoms. The summed E-state index contributed by atoms with van der Waals surface area (Å²) in [5.41, 5.74) is 19.8. The molecule has 0 amide bonds. The van der Waals surface area contributed by atoms with Gasteiger partial charge in [0.15, 0.2) is 5.82 Å². The number of aromatic nitrogens is 2. The van der Waals surface area contributed by atoms with E-state index in [1.807, 2.05) is 6.07 Å². The van der Waals surface area contributed by atoms with Crippen molar-refractivity contribution in [2.75, 3.05) is 0 Å². The van der Waals surface area contributed by atoms with Crippen LogP contribution >= 0.6 is 0 Å². The SMILES string of the molecule is c1ccc(-c2nc(-c3ccc4c(c3)C3(c5ccccc5-c5ccccc53)c3ccccc3-4)cc(-c3ccc4cc(-c5c6ccccc6c(-c6ccccc6)c6ccc7ccccc7c56)ccc4c3)n2)cc1. The molecule has 0 fully saturated rings. The molecule has 0 radical (unpaired) electrons. The van der Waals surface area contributed by atoms with Gasteiger partial charge in [0.2, 0.25) is 0 Å². The lowest BCUT2D eigenvalue weighted by Crippen LogP contribution is -2.25. The van der Waals surface area contributed by atoms with Crippen LogP contribution in [0.1, 0.15) is 22.3 Å². The normalized spacial score (nSPS) is 12.9. The summed E-state index contributed by atoms with van der Waals surface area (Å²) in [6.45, 7) is 0. The van der Waals surface area contributed by atoms with Crippen LogP contribution in [0.25, 0.3) is 122 Å². The van der Waals surface area contributed by atoms with E-state index in [4.69, 9.17) is 9.97 Å². The first-order chi connectivity index (χ1) is 35.2. The van der Waals surface area contributed by atoms with Crippen molar-refractivity contribution in [2.24, 2.45) is 0 Å². The van der Waals surface area contributed by atoms with Crippen LogP contribution in [0.2, 0.25) is 0 Å². The molecule has 2 nitrogen and oxygen atoms in total. The van der Waals surface area contributed by atoms with Crippen LogP contribution in [0.3, 0.4) is 0 Å². The smallest absolute Gasteiger partial charge is 0.160 e. The zero-order valence-electron chi connectivity index (χ0n) is 38.6. The van der Waals surface area contributed by atoms with E-state index < -0.39 is 5.41 Å². The van der Waals surface area contributed by atoms with Gasteiger partial charge in [-0.15, -0.1) is 0 Å². The third-order valence-corrected chi connectivity index (χ3v) is 15.5. The zero-order chi connectivity index (χ0) is 46.6. The summed E-state index contributed by atoms with van der Waals surface area (Å²) in [5.74, 6) is 0.702. The van der Waals surface area contributed by atoms with Crippen LogP contribution in [0.4, 0.5) is 0 Å². The van der Waals surface area contributed by atoms with Gasteiger partial charge in [-0.1, -0.05) is 231 Å². The lowest BCUT2D eigenvalue weighted by Gasteiger charge is -2.30. The topological polar surface area (TPSA) is 25.8 Å².